The normalized spacial score (nSPS) is 22.8. The molecule has 0 bridgehead atoms. The summed E-state index contributed by atoms with van der Waals surface area (Å²) in [6, 6.07) is 2.05. The lowest BCUT2D eigenvalue weighted by Gasteiger charge is -2.34. The monoisotopic (exact) mass is 324 g/mol. The molecule has 0 aliphatic carbocycles. The van der Waals surface area contributed by atoms with Gasteiger partial charge in [-0.3, -0.25) is 0 Å². The Kier molecular flexibility index (Phi) is 5.00. The lowest BCUT2D eigenvalue weighted by Crippen LogP contribution is -2.45. The van der Waals surface area contributed by atoms with Crippen molar-refractivity contribution in [3.63, 3.8) is 0 Å². The van der Waals surface area contributed by atoms with Crippen molar-refractivity contribution in [1.29, 1.82) is 0 Å². The van der Waals surface area contributed by atoms with Crippen molar-refractivity contribution in [2.45, 2.75) is 52.4 Å². The summed E-state index contributed by atoms with van der Waals surface area (Å²) in [5, 5.41) is 3.36. The molecule has 1 atom stereocenters. The van der Waals surface area contributed by atoms with Crippen molar-refractivity contribution in [3.05, 3.63) is 28.3 Å². The van der Waals surface area contributed by atoms with Gasteiger partial charge in [-0.05, 0) is 74.8 Å². The first-order valence-electron chi connectivity index (χ1n) is 7.94. The first-order chi connectivity index (χ1) is 10.2. The number of aryl methyl sites for hydroxylation is 2. The predicted molar refractivity (Wildman–Crippen MR) is 90.8 cm³/mol. The Morgan fingerprint density at radius 1 is 1.18 bits per heavy atom. The fraction of sp³-hybridized carbons (Fsp3) is 0.647. The standard InChI is InChI=1S/C17H28N2O2S/c1-12-9-13(2)15(4)16(14(12)3)22(20,21)19-11-17(5)7-6-8-18-10-17/h9,18-19H,6-8,10-11H2,1-5H3. The van der Waals surface area contributed by atoms with Gasteiger partial charge in [-0.1, -0.05) is 13.0 Å². The fourth-order valence-electron chi connectivity index (χ4n) is 3.19. The summed E-state index contributed by atoms with van der Waals surface area (Å²) in [6.07, 6.45) is 2.15. The maximum atomic E-state index is 12.8. The molecule has 22 heavy (non-hydrogen) atoms. The molecule has 0 aromatic heterocycles. The van der Waals surface area contributed by atoms with Crippen LogP contribution < -0.4 is 10.0 Å². The van der Waals surface area contributed by atoms with Crippen LogP contribution in [0.25, 0.3) is 0 Å². The molecule has 1 unspecified atom stereocenters. The number of hydrogen-bond donors (Lipinski definition) is 2. The highest BCUT2D eigenvalue weighted by atomic mass is 32.2. The van der Waals surface area contributed by atoms with E-state index in [0.717, 1.165) is 48.2 Å². The second-order valence-corrected chi connectivity index (χ2v) is 8.71. The van der Waals surface area contributed by atoms with Crippen molar-refractivity contribution in [1.82, 2.24) is 10.0 Å². The highest BCUT2D eigenvalue weighted by molar-refractivity contribution is 7.89. The molecule has 4 nitrogen and oxygen atoms in total. The molecule has 5 heteroatoms. The van der Waals surface area contributed by atoms with Crippen LogP contribution in [-0.4, -0.2) is 28.1 Å². The van der Waals surface area contributed by atoms with E-state index in [9.17, 15) is 8.42 Å². The van der Waals surface area contributed by atoms with E-state index in [4.69, 9.17) is 0 Å². The summed E-state index contributed by atoms with van der Waals surface area (Å²) in [7, 11) is -3.48. The Hall–Kier alpha value is -0.910. The van der Waals surface area contributed by atoms with Gasteiger partial charge in [0, 0.05) is 13.1 Å². The lowest BCUT2D eigenvalue weighted by atomic mass is 9.83. The first-order valence-corrected chi connectivity index (χ1v) is 9.42. The summed E-state index contributed by atoms with van der Waals surface area (Å²) >= 11 is 0. The third-order valence-corrected chi connectivity index (χ3v) is 6.61. The number of rotatable bonds is 4. The summed E-state index contributed by atoms with van der Waals surface area (Å²) in [6.45, 7) is 12.2. The zero-order valence-electron chi connectivity index (χ0n) is 14.3. The first kappa shape index (κ1) is 17.4. The maximum Gasteiger partial charge on any atom is 0.241 e. The predicted octanol–water partition coefficient (Wildman–Crippen LogP) is 2.59. The van der Waals surface area contributed by atoms with Crippen LogP contribution in [0.15, 0.2) is 11.0 Å². The molecule has 1 aliphatic rings. The minimum Gasteiger partial charge on any atom is -0.316 e. The fourth-order valence-corrected chi connectivity index (χ4v) is 5.01. The summed E-state index contributed by atoms with van der Waals surface area (Å²) in [4.78, 5) is 0.456. The van der Waals surface area contributed by atoms with Gasteiger partial charge in [0.15, 0.2) is 0 Å². The van der Waals surface area contributed by atoms with Crippen LogP contribution in [0.1, 0.15) is 42.0 Å². The van der Waals surface area contributed by atoms with E-state index in [1.54, 1.807) is 0 Å². The van der Waals surface area contributed by atoms with Crippen molar-refractivity contribution in [3.8, 4) is 0 Å². The van der Waals surface area contributed by atoms with E-state index in [0.29, 0.717) is 11.4 Å². The second kappa shape index (κ2) is 6.30. The number of benzene rings is 1. The third kappa shape index (κ3) is 3.53. The molecule has 0 saturated carbocycles. The molecule has 124 valence electrons. The Balaban J connectivity index is 2.28. The van der Waals surface area contributed by atoms with Crippen LogP contribution >= 0.6 is 0 Å². The van der Waals surface area contributed by atoms with Gasteiger partial charge >= 0.3 is 0 Å². The lowest BCUT2D eigenvalue weighted by molar-refractivity contribution is 0.238. The minimum absolute atomic E-state index is 0.00794. The van der Waals surface area contributed by atoms with Gasteiger partial charge in [-0.25, -0.2) is 13.1 Å². The average molecular weight is 324 g/mol. The van der Waals surface area contributed by atoms with Gasteiger partial charge in [-0.2, -0.15) is 0 Å². The van der Waals surface area contributed by atoms with Gasteiger partial charge in [0.2, 0.25) is 10.0 Å². The van der Waals surface area contributed by atoms with Gasteiger partial charge in [0.05, 0.1) is 4.90 Å². The molecule has 2 rings (SSSR count). The molecular weight excluding hydrogens is 296 g/mol. The number of sulfonamides is 1. The van der Waals surface area contributed by atoms with Crippen LogP contribution in [-0.2, 0) is 10.0 Å². The largest absolute Gasteiger partial charge is 0.316 e. The quantitative estimate of drug-likeness (QED) is 0.895. The van der Waals surface area contributed by atoms with Gasteiger partial charge in [0.25, 0.3) is 0 Å². The molecule has 1 saturated heterocycles. The van der Waals surface area contributed by atoms with E-state index in [2.05, 4.69) is 23.0 Å². The third-order valence-electron chi connectivity index (χ3n) is 4.94. The molecule has 1 fully saturated rings. The van der Waals surface area contributed by atoms with Gasteiger partial charge < -0.3 is 5.32 Å². The molecule has 1 heterocycles. The van der Waals surface area contributed by atoms with Crippen LogP contribution in [0.4, 0.5) is 0 Å². The zero-order valence-corrected chi connectivity index (χ0v) is 15.2. The molecule has 0 amide bonds. The van der Waals surface area contributed by atoms with E-state index in [-0.39, 0.29) is 5.41 Å². The number of hydrogen-bond acceptors (Lipinski definition) is 3. The molecule has 1 aliphatic heterocycles. The van der Waals surface area contributed by atoms with Gasteiger partial charge in [-0.15, -0.1) is 0 Å². The molecule has 0 radical (unpaired) electrons. The number of nitrogens with one attached hydrogen (secondary N) is 2. The Labute approximate surface area is 134 Å². The highest BCUT2D eigenvalue weighted by Crippen LogP contribution is 2.28. The van der Waals surface area contributed by atoms with Crippen LogP contribution in [0, 0.1) is 33.1 Å². The second-order valence-electron chi connectivity index (χ2n) is 7.01. The topological polar surface area (TPSA) is 58.2 Å². The Morgan fingerprint density at radius 2 is 1.77 bits per heavy atom. The molecule has 1 aromatic rings. The Bertz CT molecular complexity index is 633. The van der Waals surface area contributed by atoms with E-state index >= 15 is 0 Å². The molecule has 1 aromatic carbocycles. The minimum atomic E-state index is -3.48. The molecular formula is C17H28N2O2S. The maximum absolute atomic E-state index is 12.8. The van der Waals surface area contributed by atoms with E-state index < -0.39 is 10.0 Å². The zero-order chi connectivity index (χ0) is 16.5. The van der Waals surface area contributed by atoms with Crippen molar-refractivity contribution in [2.24, 2.45) is 5.41 Å². The molecule has 2 N–H and O–H groups in total. The van der Waals surface area contributed by atoms with Crippen LogP contribution in [0.3, 0.4) is 0 Å². The van der Waals surface area contributed by atoms with Crippen LogP contribution in [0.5, 0.6) is 0 Å². The van der Waals surface area contributed by atoms with E-state index in [1.165, 1.54) is 0 Å². The van der Waals surface area contributed by atoms with E-state index in [1.807, 2.05) is 27.7 Å². The summed E-state index contributed by atoms with van der Waals surface area (Å²) in [5.41, 5.74) is 3.74. The Morgan fingerprint density at radius 3 is 2.27 bits per heavy atom. The summed E-state index contributed by atoms with van der Waals surface area (Å²) in [5.74, 6) is 0. The van der Waals surface area contributed by atoms with Crippen LogP contribution in [0.2, 0.25) is 0 Å². The highest BCUT2D eigenvalue weighted by Gasteiger charge is 2.30. The number of piperidine rings is 1. The van der Waals surface area contributed by atoms with Crippen molar-refractivity contribution in [2.75, 3.05) is 19.6 Å². The van der Waals surface area contributed by atoms with Crippen molar-refractivity contribution >= 4 is 10.0 Å². The summed E-state index contributed by atoms with van der Waals surface area (Å²) < 4.78 is 28.5. The molecule has 0 spiro atoms. The SMILES string of the molecule is Cc1cc(C)c(C)c(S(=O)(=O)NCC2(C)CCCNC2)c1C. The van der Waals surface area contributed by atoms with Gasteiger partial charge in [0.1, 0.15) is 0 Å². The average Bonchev–Trinajstić information content (AvgIpc) is 2.44. The van der Waals surface area contributed by atoms with Crippen molar-refractivity contribution < 1.29 is 8.42 Å². The smallest absolute Gasteiger partial charge is 0.241 e.